The Bertz CT molecular complexity index is 1110. The molecular weight excluding hydrogens is 659 g/mol. The van der Waals surface area contributed by atoms with Gasteiger partial charge >= 0.3 is 7.82 Å². The van der Waals surface area contributed by atoms with Crippen molar-refractivity contribution in [3.05, 3.63) is 97.2 Å². The van der Waals surface area contributed by atoms with Gasteiger partial charge in [-0.15, -0.1) is 0 Å². The third-order valence-corrected chi connectivity index (χ3v) is 8.63. The van der Waals surface area contributed by atoms with E-state index in [4.69, 9.17) is 14.8 Å². The first-order valence-electron chi connectivity index (χ1n) is 19.4. The van der Waals surface area contributed by atoms with E-state index in [9.17, 15) is 19.4 Å². The van der Waals surface area contributed by atoms with E-state index in [0.29, 0.717) is 6.42 Å². The predicted octanol–water partition coefficient (Wildman–Crippen LogP) is 10.4. The summed E-state index contributed by atoms with van der Waals surface area (Å²) in [7, 11) is -4.36. The Morgan fingerprint density at radius 1 is 0.667 bits per heavy atom. The van der Waals surface area contributed by atoms with Crippen LogP contribution < -0.4 is 11.1 Å². The molecule has 9 heteroatoms. The summed E-state index contributed by atoms with van der Waals surface area (Å²) in [6.07, 6.45) is 50.3. The first-order chi connectivity index (χ1) is 24.9. The molecule has 290 valence electrons. The van der Waals surface area contributed by atoms with Crippen molar-refractivity contribution in [3.63, 3.8) is 0 Å². The zero-order chi connectivity index (χ0) is 37.5. The van der Waals surface area contributed by atoms with Gasteiger partial charge in [0.2, 0.25) is 5.91 Å². The second-order valence-corrected chi connectivity index (χ2v) is 13.8. The van der Waals surface area contributed by atoms with Gasteiger partial charge in [-0.05, 0) is 83.5 Å². The molecule has 0 aliphatic carbocycles. The number of nitrogens with two attached hydrogens (primary N) is 1. The highest BCUT2D eigenvalue weighted by atomic mass is 31.2. The van der Waals surface area contributed by atoms with Crippen molar-refractivity contribution in [1.29, 1.82) is 0 Å². The number of allylic oxidation sites excluding steroid dienone is 15. The summed E-state index contributed by atoms with van der Waals surface area (Å²) in [5.74, 6) is -0.253. The molecule has 8 nitrogen and oxygen atoms in total. The van der Waals surface area contributed by atoms with Crippen molar-refractivity contribution < 1.29 is 28.4 Å². The van der Waals surface area contributed by atoms with Crippen molar-refractivity contribution >= 4 is 13.7 Å². The van der Waals surface area contributed by atoms with Gasteiger partial charge in [0.05, 0.1) is 25.4 Å². The Balaban J connectivity index is 4.41. The Hall–Kier alpha value is -2.58. The Morgan fingerprint density at radius 2 is 1.16 bits per heavy atom. The molecule has 1 amide bonds. The van der Waals surface area contributed by atoms with Crippen LogP contribution in [0.2, 0.25) is 0 Å². The molecule has 0 aromatic rings. The largest absolute Gasteiger partial charge is 0.472 e. The smallest absolute Gasteiger partial charge is 0.387 e. The van der Waals surface area contributed by atoms with Crippen LogP contribution in [0.25, 0.3) is 0 Å². The quantitative estimate of drug-likeness (QED) is 0.0294. The number of hydrogen-bond donors (Lipinski definition) is 4. The van der Waals surface area contributed by atoms with Gasteiger partial charge in [-0.25, -0.2) is 4.57 Å². The van der Waals surface area contributed by atoms with Crippen LogP contribution in [0.5, 0.6) is 0 Å². The lowest BCUT2D eigenvalue weighted by molar-refractivity contribution is -0.123. The number of carbonyl (C=O) groups excluding carboxylic acids is 1. The summed E-state index contributed by atoms with van der Waals surface area (Å²) in [6.45, 7) is 3.90. The zero-order valence-corrected chi connectivity index (χ0v) is 32.7. The number of unbranched alkanes of at least 4 members (excludes halogenated alkanes) is 8. The third-order valence-electron chi connectivity index (χ3n) is 7.64. The second-order valence-electron chi connectivity index (χ2n) is 12.4. The molecule has 0 aliphatic heterocycles. The van der Waals surface area contributed by atoms with Crippen molar-refractivity contribution in [1.82, 2.24) is 5.32 Å². The van der Waals surface area contributed by atoms with Crippen LogP contribution in [0, 0.1) is 0 Å². The van der Waals surface area contributed by atoms with Crippen LogP contribution in [0.15, 0.2) is 97.2 Å². The maximum atomic E-state index is 12.7. The molecule has 0 radical (unpaired) electrons. The van der Waals surface area contributed by atoms with E-state index in [-0.39, 0.29) is 32.1 Å². The van der Waals surface area contributed by atoms with E-state index in [0.717, 1.165) is 70.6 Å². The van der Waals surface area contributed by atoms with Crippen LogP contribution in [-0.4, -0.2) is 47.8 Å². The molecule has 0 heterocycles. The lowest BCUT2D eigenvalue weighted by Gasteiger charge is -2.23. The molecule has 0 saturated heterocycles. The number of nitrogens with one attached hydrogen (secondary N) is 1. The van der Waals surface area contributed by atoms with Crippen LogP contribution >= 0.6 is 7.82 Å². The normalized spacial score (nSPS) is 15.3. The average Bonchev–Trinajstić information content (AvgIpc) is 3.12. The van der Waals surface area contributed by atoms with Gasteiger partial charge in [0.25, 0.3) is 0 Å². The minimum absolute atomic E-state index is 0.0608. The number of carbonyl (C=O) groups is 1. The molecule has 51 heavy (non-hydrogen) atoms. The van der Waals surface area contributed by atoms with Crippen molar-refractivity contribution in [2.24, 2.45) is 5.73 Å². The van der Waals surface area contributed by atoms with E-state index >= 15 is 0 Å². The molecule has 0 spiro atoms. The summed E-state index contributed by atoms with van der Waals surface area (Å²) < 4.78 is 22.0. The van der Waals surface area contributed by atoms with Crippen molar-refractivity contribution in [2.45, 2.75) is 142 Å². The molecule has 0 aromatic heterocycles. The van der Waals surface area contributed by atoms with Gasteiger partial charge in [0, 0.05) is 13.0 Å². The Labute approximate surface area is 311 Å². The minimum Gasteiger partial charge on any atom is -0.387 e. The molecule has 3 atom stereocenters. The van der Waals surface area contributed by atoms with Gasteiger partial charge in [-0.3, -0.25) is 13.8 Å². The molecule has 3 unspecified atom stereocenters. The number of rotatable bonds is 34. The molecule has 0 saturated carbocycles. The summed E-state index contributed by atoms with van der Waals surface area (Å²) in [5.41, 5.74) is 5.35. The Morgan fingerprint density at radius 3 is 1.73 bits per heavy atom. The van der Waals surface area contributed by atoms with Crippen molar-refractivity contribution in [2.75, 3.05) is 19.8 Å². The third kappa shape index (κ3) is 35.6. The highest BCUT2D eigenvalue weighted by molar-refractivity contribution is 7.47. The molecule has 0 aromatic carbocycles. The fourth-order valence-corrected chi connectivity index (χ4v) is 5.50. The number of phosphoric ester groups is 1. The van der Waals surface area contributed by atoms with Gasteiger partial charge in [-0.2, -0.15) is 0 Å². The monoisotopic (exact) mass is 731 g/mol. The predicted molar refractivity (Wildman–Crippen MR) is 216 cm³/mol. The summed E-state index contributed by atoms with van der Waals surface area (Å²) in [6, 6.07) is -0.905. The zero-order valence-electron chi connectivity index (χ0n) is 31.8. The first-order valence-corrected chi connectivity index (χ1v) is 20.9. The lowest BCUT2D eigenvalue weighted by Crippen LogP contribution is -2.45. The van der Waals surface area contributed by atoms with Crippen LogP contribution in [0.3, 0.4) is 0 Å². The van der Waals surface area contributed by atoms with E-state index in [2.05, 4.69) is 104 Å². The topological polar surface area (TPSA) is 131 Å². The average molecular weight is 731 g/mol. The number of aliphatic hydroxyl groups excluding tert-OH is 1. The lowest BCUT2D eigenvalue weighted by atomic mass is 10.1. The standard InChI is InChI=1S/C42H71N2O6P/c1-3-5-7-9-11-13-15-16-17-18-19-20-21-22-23-24-26-28-30-32-34-36-42(46)44-40(39-50-51(47,48)49-38-37-43)41(45)35-33-31-29-27-25-14-12-10-8-6-4-2/h5,7,11,13,16-17,19-20,22-23,25-28,33,35,40-41,45H,3-4,6,8-10,12,14-15,18,21,24,29-32,34,36-39,43H2,1-2H3,(H,44,46)(H,47,48)/b7-5-,13-11-,17-16-,20-19-,23-22-,27-25+,28-26-,35-33+. The summed E-state index contributed by atoms with van der Waals surface area (Å²) in [4.78, 5) is 22.6. The maximum absolute atomic E-state index is 12.7. The molecule has 0 rings (SSSR count). The van der Waals surface area contributed by atoms with Gasteiger partial charge in [0.15, 0.2) is 0 Å². The van der Waals surface area contributed by atoms with Crippen LogP contribution in [-0.2, 0) is 18.4 Å². The van der Waals surface area contributed by atoms with Crippen LogP contribution in [0.4, 0.5) is 0 Å². The molecule has 0 fully saturated rings. The molecule has 5 N–H and O–H groups in total. The van der Waals surface area contributed by atoms with Crippen LogP contribution in [0.1, 0.15) is 129 Å². The van der Waals surface area contributed by atoms with Gasteiger partial charge in [0.1, 0.15) is 0 Å². The number of hydrogen-bond acceptors (Lipinski definition) is 6. The summed E-state index contributed by atoms with van der Waals surface area (Å²) in [5, 5.41) is 13.5. The fourth-order valence-electron chi connectivity index (χ4n) is 4.74. The minimum atomic E-state index is -4.36. The SMILES string of the molecule is CC/C=C\C/C=C\C/C=C\C/C=C\C/C=C\C/C=C\CCCCC(=O)NC(COP(=O)(O)OCCN)C(O)/C=C/CC/C=C/CCCCCCC. The Kier molecular flexibility index (Phi) is 35.3. The van der Waals surface area contributed by atoms with E-state index in [1.54, 1.807) is 6.08 Å². The summed E-state index contributed by atoms with van der Waals surface area (Å²) >= 11 is 0. The second kappa shape index (κ2) is 37.2. The fraction of sp³-hybridized carbons (Fsp3) is 0.595. The maximum Gasteiger partial charge on any atom is 0.472 e. The first kappa shape index (κ1) is 48.4. The van der Waals surface area contributed by atoms with E-state index < -0.39 is 20.0 Å². The number of phosphoric acid groups is 1. The van der Waals surface area contributed by atoms with Gasteiger partial charge < -0.3 is 21.1 Å². The highest BCUT2D eigenvalue weighted by Crippen LogP contribution is 2.43. The molecular formula is C42H71N2O6P. The van der Waals surface area contributed by atoms with Crippen molar-refractivity contribution in [3.8, 4) is 0 Å². The molecule has 0 aliphatic rings. The molecule has 0 bridgehead atoms. The highest BCUT2D eigenvalue weighted by Gasteiger charge is 2.26. The van der Waals surface area contributed by atoms with E-state index in [1.165, 1.54) is 32.1 Å². The number of amides is 1. The van der Waals surface area contributed by atoms with E-state index in [1.807, 2.05) is 6.08 Å². The number of aliphatic hydroxyl groups is 1. The van der Waals surface area contributed by atoms with Gasteiger partial charge in [-0.1, -0.05) is 137 Å².